The molecule has 1 aliphatic rings. The Balaban J connectivity index is 1.61. The second kappa shape index (κ2) is 8.36. The zero-order chi connectivity index (χ0) is 24.9. The molecule has 1 N–H and O–H groups in total. The van der Waals surface area contributed by atoms with Gasteiger partial charge in [-0.15, -0.1) is 0 Å². The standard InChI is InChI=1S/C28H24N4O3/c1-16-12-13-24(17(2)14-16)31-27(34)23(26(33)29-28(31)35)15-22-18(3)30-32(19(22)4)25-11-7-9-20-8-5-6-10-21(20)25/h5-15H,1-4H3,(H,29,33,35)/b23-15+. The third kappa shape index (κ3) is 3.71. The largest absolute Gasteiger partial charge is 0.335 e. The van der Waals surface area contributed by atoms with Gasteiger partial charge in [0.2, 0.25) is 0 Å². The molecule has 5 rings (SSSR count). The van der Waals surface area contributed by atoms with E-state index in [4.69, 9.17) is 5.10 Å². The zero-order valence-corrected chi connectivity index (χ0v) is 19.9. The quantitative estimate of drug-likeness (QED) is 0.344. The molecular formula is C28H24N4O3. The normalized spacial score (nSPS) is 15.3. The molecule has 0 atom stereocenters. The number of hydrogen-bond donors (Lipinski definition) is 1. The summed E-state index contributed by atoms with van der Waals surface area (Å²) in [5.41, 5.74) is 5.10. The van der Waals surface area contributed by atoms with Crippen LogP contribution in [0, 0.1) is 27.7 Å². The highest BCUT2D eigenvalue weighted by molar-refractivity contribution is 6.39. The fraction of sp³-hybridized carbons (Fsp3) is 0.143. The number of imide groups is 2. The summed E-state index contributed by atoms with van der Waals surface area (Å²) in [4.78, 5) is 39.8. The van der Waals surface area contributed by atoms with Crippen LogP contribution in [0.4, 0.5) is 10.5 Å². The Bertz CT molecular complexity index is 1570. The number of benzene rings is 3. The van der Waals surface area contributed by atoms with Crippen molar-refractivity contribution in [1.82, 2.24) is 15.1 Å². The molecule has 0 unspecified atom stereocenters. The van der Waals surface area contributed by atoms with Crippen LogP contribution in [-0.2, 0) is 9.59 Å². The number of urea groups is 1. The number of aryl methyl sites for hydroxylation is 3. The van der Waals surface area contributed by atoms with Crippen LogP contribution in [0.15, 0.2) is 66.2 Å². The molecule has 0 spiro atoms. The van der Waals surface area contributed by atoms with E-state index in [2.05, 4.69) is 5.32 Å². The lowest BCUT2D eigenvalue weighted by Gasteiger charge is -2.27. The Morgan fingerprint density at radius 1 is 0.857 bits per heavy atom. The third-order valence-electron chi connectivity index (χ3n) is 6.33. The molecule has 1 aliphatic heterocycles. The fourth-order valence-corrected chi connectivity index (χ4v) is 4.57. The van der Waals surface area contributed by atoms with Gasteiger partial charge in [0.15, 0.2) is 0 Å². The lowest BCUT2D eigenvalue weighted by atomic mass is 10.0. The Labute approximate surface area is 202 Å². The van der Waals surface area contributed by atoms with E-state index >= 15 is 0 Å². The highest BCUT2D eigenvalue weighted by Crippen LogP contribution is 2.29. The van der Waals surface area contributed by atoms with E-state index in [9.17, 15) is 14.4 Å². The van der Waals surface area contributed by atoms with Crippen LogP contribution in [-0.4, -0.2) is 27.6 Å². The molecule has 0 aliphatic carbocycles. The molecule has 3 aromatic carbocycles. The Morgan fingerprint density at radius 3 is 2.37 bits per heavy atom. The molecule has 0 bridgehead atoms. The van der Waals surface area contributed by atoms with Gasteiger partial charge in [-0.1, -0.05) is 54.1 Å². The maximum absolute atomic E-state index is 13.4. The molecule has 0 saturated carbocycles. The van der Waals surface area contributed by atoms with Crippen LogP contribution in [0.1, 0.15) is 28.1 Å². The van der Waals surface area contributed by atoms with Crippen LogP contribution >= 0.6 is 0 Å². The summed E-state index contributed by atoms with van der Waals surface area (Å²) < 4.78 is 1.82. The first kappa shape index (κ1) is 22.3. The van der Waals surface area contributed by atoms with Crippen molar-refractivity contribution in [2.24, 2.45) is 0 Å². The van der Waals surface area contributed by atoms with Crippen LogP contribution in [0.5, 0.6) is 0 Å². The number of aromatic nitrogens is 2. The molecule has 174 valence electrons. The molecule has 7 heteroatoms. The van der Waals surface area contributed by atoms with Crippen molar-refractivity contribution in [2.75, 3.05) is 4.90 Å². The average Bonchev–Trinajstić information content (AvgIpc) is 3.10. The number of nitrogens with zero attached hydrogens (tertiary/aromatic N) is 3. The molecule has 1 aromatic heterocycles. The van der Waals surface area contributed by atoms with Crippen molar-refractivity contribution >= 4 is 40.4 Å². The maximum Gasteiger partial charge on any atom is 0.335 e. The van der Waals surface area contributed by atoms with Crippen molar-refractivity contribution in [1.29, 1.82) is 0 Å². The smallest absolute Gasteiger partial charge is 0.273 e. The van der Waals surface area contributed by atoms with E-state index in [0.29, 0.717) is 16.9 Å². The summed E-state index contributed by atoms with van der Waals surface area (Å²) in [7, 11) is 0. The zero-order valence-electron chi connectivity index (χ0n) is 19.9. The summed E-state index contributed by atoms with van der Waals surface area (Å²) in [6, 6.07) is 18.7. The van der Waals surface area contributed by atoms with Crippen LogP contribution in [0.25, 0.3) is 22.5 Å². The topological polar surface area (TPSA) is 84.3 Å². The molecule has 35 heavy (non-hydrogen) atoms. The number of amides is 4. The van der Waals surface area contributed by atoms with E-state index in [1.54, 1.807) is 6.07 Å². The van der Waals surface area contributed by atoms with E-state index in [0.717, 1.165) is 38.2 Å². The first-order chi connectivity index (χ1) is 16.8. The number of hydrogen-bond acceptors (Lipinski definition) is 4. The number of nitrogens with one attached hydrogen (secondary N) is 1. The number of fused-ring (bicyclic) bond motifs is 1. The maximum atomic E-state index is 13.4. The predicted molar refractivity (Wildman–Crippen MR) is 135 cm³/mol. The highest BCUT2D eigenvalue weighted by Gasteiger charge is 2.37. The summed E-state index contributed by atoms with van der Waals surface area (Å²) >= 11 is 0. The predicted octanol–water partition coefficient (Wildman–Crippen LogP) is 4.93. The second-order valence-corrected chi connectivity index (χ2v) is 8.74. The number of anilines is 1. The highest BCUT2D eigenvalue weighted by atomic mass is 16.2. The van der Waals surface area contributed by atoms with Gasteiger partial charge in [0, 0.05) is 16.6 Å². The van der Waals surface area contributed by atoms with Crippen LogP contribution < -0.4 is 10.2 Å². The van der Waals surface area contributed by atoms with Crippen molar-refractivity contribution in [3.05, 3.63) is 94.3 Å². The molecule has 7 nitrogen and oxygen atoms in total. The van der Waals surface area contributed by atoms with Crippen LogP contribution in [0.3, 0.4) is 0 Å². The summed E-state index contributed by atoms with van der Waals surface area (Å²) in [6.45, 7) is 7.49. The van der Waals surface area contributed by atoms with Crippen molar-refractivity contribution < 1.29 is 14.4 Å². The molecule has 1 saturated heterocycles. The molecular weight excluding hydrogens is 440 g/mol. The average molecular weight is 465 g/mol. The van der Waals surface area contributed by atoms with E-state index in [1.807, 2.05) is 87.0 Å². The summed E-state index contributed by atoms with van der Waals surface area (Å²) in [5.74, 6) is -1.39. The summed E-state index contributed by atoms with van der Waals surface area (Å²) in [6.07, 6.45) is 1.53. The third-order valence-corrected chi connectivity index (χ3v) is 6.33. The molecule has 2 heterocycles. The monoisotopic (exact) mass is 464 g/mol. The summed E-state index contributed by atoms with van der Waals surface area (Å²) in [5, 5.41) is 9.14. The molecule has 0 radical (unpaired) electrons. The van der Waals surface area contributed by atoms with Gasteiger partial charge in [-0.3, -0.25) is 14.9 Å². The number of carbonyl (C=O) groups is 3. The van der Waals surface area contributed by atoms with Gasteiger partial charge in [0.25, 0.3) is 11.8 Å². The van der Waals surface area contributed by atoms with Gasteiger partial charge in [-0.2, -0.15) is 5.10 Å². The van der Waals surface area contributed by atoms with E-state index < -0.39 is 17.8 Å². The fourth-order valence-electron chi connectivity index (χ4n) is 4.57. The van der Waals surface area contributed by atoms with Gasteiger partial charge in [-0.25, -0.2) is 14.4 Å². The van der Waals surface area contributed by atoms with Crippen molar-refractivity contribution in [3.8, 4) is 5.69 Å². The molecule has 4 amide bonds. The minimum absolute atomic E-state index is 0.117. The Kier molecular flexibility index (Phi) is 5.32. The number of carbonyl (C=O) groups excluding carboxylic acids is 3. The van der Waals surface area contributed by atoms with Gasteiger partial charge >= 0.3 is 6.03 Å². The van der Waals surface area contributed by atoms with Crippen molar-refractivity contribution in [2.45, 2.75) is 27.7 Å². The second-order valence-electron chi connectivity index (χ2n) is 8.74. The lowest BCUT2D eigenvalue weighted by molar-refractivity contribution is -0.122. The number of rotatable bonds is 3. The molecule has 4 aromatic rings. The van der Waals surface area contributed by atoms with Gasteiger partial charge in [-0.05, 0) is 56.9 Å². The van der Waals surface area contributed by atoms with E-state index in [1.165, 1.54) is 6.08 Å². The first-order valence-corrected chi connectivity index (χ1v) is 11.3. The van der Waals surface area contributed by atoms with E-state index in [-0.39, 0.29) is 5.57 Å². The van der Waals surface area contributed by atoms with Gasteiger partial charge < -0.3 is 0 Å². The minimum Gasteiger partial charge on any atom is -0.273 e. The minimum atomic E-state index is -0.760. The van der Waals surface area contributed by atoms with Crippen LogP contribution in [0.2, 0.25) is 0 Å². The lowest BCUT2D eigenvalue weighted by Crippen LogP contribution is -2.54. The first-order valence-electron chi connectivity index (χ1n) is 11.3. The number of barbiturate groups is 1. The Morgan fingerprint density at radius 2 is 1.60 bits per heavy atom. The van der Waals surface area contributed by atoms with Crippen molar-refractivity contribution in [3.63, 3.8) is 0 Å². The van der Waals surface area contributed by atoms with Gasteiger partial charge in [0.1, 0.15) is 5.57 Å². The SMILES string of the molecule is Cc1ccc(N2C(=O)NC(=O)/C(=C\c3c(C)nn(-c4cccc5ccccc45)c3C)C2=O)c(C)c1. The molecule has 1 fully saturated rings. The van der Waals surface area contributed by atoms with Gasteiger partial charge in [0.05, 0.1) is 17.1 Å². The Hall–Kier alpha value is -4.52.